The van der Waals surface area contributed by atoms with Crippen LogP contribution in [0.4, 0.5) is 0 Å². The maximum atomic E-state index is 12.1. The number of piperidine rings is 1. The maximum absolute atomic E-state index is 12.1. The fourth-order valence-corrected chi connectivity index (χ4v) is 2.75. The molecule has 4 nitrogen and oxygen atoms in total. The van der Waals surface area contributed by atoms with E-state index in [1.165, 1.54) is 0 Å². The van der Waals surface area contributed by atoms with E-state index in [-0.39, 0.29) is 11.9 Å². The lowest BCUT2D eigenvalue weighted by Gasteiger charge is -2.30. The molecule has 0 spiro atoms. The molecule has 2 rings (SSSR count). The first-order chi connectivity index (χ1) is 9.72. The molecule has 0 unspecified atom stereocenters. The molecule has 1 fully saturated rings. The van der Waals surface area contributed by atoms with Gasteiger partial charge in [0.25, 0.3) is 5.91 Å². The predicted molar refractivity (Wildman–Crippen MR) is 80.8 cm³/mol. The van der Waals surface area contributed by atoms with Crippen molar-refractivity contribution < 1.29 is 4.79 Å². The summed E-state index contributed by atoms with van der Waals surface area (Å²) in [7, 11) is 0. The number of hydrogen-bond donors (Lipinski definition) is 1. The van der Waals surface area contributed by atoms with Crippen molar-refractivity contribution in [3.8, 4) is 6.07 Å². The van der Waals surface area contributed by atoms with E-state index in [1.807, 2.05) is 30.5 Å². The molecule has 1 heterocycles. The Morgan fingerprint density at radius 3 is 2.60 bits per heavy atom. The number of hydrogen-bond acceptors (Lipinski definition) is 4. The Morgan fingerprint density at radius 1 is 1.40 bits per heavy atom. The Balaban J connectivity index is 1.84. The average molecular weight is 289 g/mol. The number of amides is 1. The minimum absolute atomic E-state index is 0.00335. The molecule has 1 saturated heterocycles. The lowest BCUT2D eigenvalue weighted by molar-refractivity contribution is 0.0914. The highest BCUT2D eigenvalue weighted by Gasteiger charge is 2.20. The minimum atomic E-state index is -0.00335. The summed E-state index contributed by atoms with van der Waals surface area (Å²) in [4.78, 5) is 15.4. The van der Waals surface area contributed by atoms with E-state index >= 15 is 0 Å². The van der Waals surface area contributed by atoms with Crippen LogP contribution in [0.1, 0.15) is 23.2 Å². The topological polar surface area (TPSA) is 56.1 Å². The normalized spacial score (nSPS) is 16.6. The molecule has 20 heavy (non-hydrogen) atoms. The lowest BCUT2D eigenvalue weighted by atomic mass is 10.0. The number of thioether (sulfide) groups is 1. The van der Waals surface area contributed by atoms with Crippen molar-refractivity contribution in [3.05, 3.63) is 29.8 Å². The van der Waals surface area contributed by atoms with Gasteiger partial charge in [-0.1, -0.05) is 0 Å². The van der Waals surface area contributed by atoms with Gasteiger partial charge in [-0.25, -0.2) is 0 Å². The minimum Gasteiger partial charge on any atom is -0.349 e. The molecule has 0 aromatic heterocycles. The van der Waals surface area contributed by atoms with Gasteiger partial charge in [-0.3, -0.25) is 9.69 Å². The first kappa shape index (κ1) is 14.9. The zero-order valence-electron chi connectivity index (χ0n) is 11.6. The number of rotatable bonds is 4. The van der Waals surface area contributed by atoms with Crippen LogP contribution in [-0.4, -0.2) is 42.7 Å². The molecular weight excluding hydrogens is 270 g/mol. The van der Waals surface area contributed by atoms with Crippen molar-refractivity contribution in [3.63, 3.8) is 0 Å². The van der Waals surface area contributed by atoms with Crippen molar-refractivity contribution in [2.45, 2.75) is 23.8 Å². The number of carbonyl (C=O) groups is 1. The van der Waals surface area contributed by atoms with Gasteiger partial charge in [0.1, 0.15) is 0 Å². The summed E-state index contributed by atoms with van der Waals surface area (Å²) in [6.07, 6.45) is 3.84. The van der Waals surface area contributed by atoms with Crippen LogP contribution in [0.5, 0.6) is 0 Å². The van der Waals surface area contributed by atoms with Gasteiger partial charge in [0.05, 0.1) is 12.6 Å². The molecule has 0 saturated carbocycles. The van der Waals surface area contributed by atoms with Gasteiger partial charge in [-0.2, -0.15) is 5.26 Å². The van der Waals surface area contributed by atoms with Gasteiger partial charge in [0, 0.05) is 29.6 Å². The van der Waals surface area contributed by atoms with Crippen LogP contribution in [-0.2, 0) is 0 Å². The van der Waals surface area contributed by atoms with Gasteiger partial charge < -0.3 is 5.32 Å². The van der Waals surface area contributed by atoms with Crippen molar-refractivity contribution in [2.75, 3.05) is 25.9 Å². The summed E-state index contributed by atoms with van der Waals surface area (Å²) < 4.78 is 0. The van der Waals surface area contributed by atoms with Crippen LogP contribution in [0.2, 0.25) is 0 Å². The summed E-state index contributed by atoms with van der Waals surface area (Å²) in [6.45, 7) is 2.24. The molecule has 1 aromatic rings. The van der Waals surface area contributed by atoms with Crippen LogP contribution < -0.4 is 5.32 Å². The maximum Gasteiger partial charge on any atom is 0.251 e. The van der Waals surface area contributed by atoms with E-state index < -0.39 is 0 Å². The highest BCUT2D eigenvalue weighted by Crippen LogP contribution is 2.15. The third kappa shape index (κ3) is 3.99. The molecular formula is C15H19N3OS. The molecule has 1 amide bonds. The Labute approximate surface area is 124 Å². The first-order valence-electron chi connectivity index (χ1n) is 6.77. The summed E-state index contributed by atoms with van der Waals surface area (Å²) in [5.74, 6) is -0.00335. The molecule has 106 valence electrons. The average Bonchev–Trinajstić information content (AvgIpc) is 2.49. The third-order valence-electron chi connectivity index (χ3n) is 3.57. The second-order valence-corrected chi connectivity index (χ2v) is 5.79. The van der Waals surface area contributed by atoms with Crippen molar-refractivity contribution >= 4 is 17.7 Å². The van der Waals surface area contributed by atoms with E-state index in [0.717, 1.165) is 30.8 Å². The summed E-state index contributed by atoms with van der Waals surface area (Å²) in [5.41, 5.74) is 0.710. The van der Waals surface area contributed by atoms with Gasteiger partial charge in [0.15, 0.2) is 0 Å². The van der Waals surface area contributed by atoms with E-state index in [4.69, 9.17) is 5.26 Å². The highest BCUT2D eigenvalue weighted by atomic mass is 32.2. The largest absolute Gasteiger partial charge is 0.349 e. The van der Waals surface area contributed by atoms with Gasteiger partial charge in [0.2, 0.25) is 0 Å². The van der Waals surface area contributed by atoms with E-state index in [1.54, 1.807) is 11.8 Å². The first-order valence-corrected chi connectivity index (χ1v) is 7.99. The Morgan fingerprint density at radius 2 is 2.05 bits per heavy atom. The van der Waals surface area contributed by atoms with Gasteiger partial charge >= 0.3 is 0 Å². The molecule has 0 atom stereocenters. The number of nitrogens with one attached hydrogen (secondary N) is 1. The van der Waals surface area contributed by atoms with Crippen molar-refractivity contribution in [1.82, 2.24) is 10.2 Å². The predicted octanol–water partition coefficient (Wildman–Crippen LogP) is 2.13. The fourth-order valence-electron chi connectivity index (χ4n) is 2.35. The highest BCUT2D eigenvalue weighted by molar-refractivity contribution is 7.98. The zero-order valence-corrected chi connectivity index (χ0v) is 12.4. The van der Waals surface area contributed by atoms with E-state index in [0.29, 0.717) is 12.1 Å². The number of nitrogens with zero attached hydrogens (tertiary/aromatic N) is 2. The Bertz CT molecular complexity index is 487. The fraction of sp³-hybridized carbons (Fsp3) is 0.467. The standard InChI is InChI=1S/C15H19N3OS/c1-20-14-4-2-12(3-5-14)15(19)17-13-6-9-18(10-7-13)11-8-16/h2-5,13H,6-7,9-11H2,1H3,(H,17,19). The molecule has 1 aliphatic rings. The van der Waals surface area contributed by atoms with E-state index in [9.17, 15) is 4.79 Å². The van der Waals surface area contributed by atoms with Crippen LogP contribution in [0, 0.1) is 11.3 Å². The second kappa shape index (κ2) is 7.32. The van der Waals surface area contributed by atoms with Crippen LogP contribution >= 0.6 is 11.8 Å². The quantitative estimate of drug-likeness (QED) is 0.681. The summed E-state index contributed by atoms with van der Waals surface area (Å²) in [5, 5.41) is 11.7. The number of benzene rings is 1. The van der Waals surface area contributed by atoms with Crippen LogP contribution in [0.25, 0.3) is 0 Å². The molecule has 0 radical (unpaired) electrons. The van der Waals surface area contributed by atoms with Gasteiger partial charge in [-0.15, -0.1) is 11.8 Å². The molecule has 0 aliphatic carbocycles. The molecule has 1 aromatic carbocycles. The number of likely N-dealkylation sites (tertiary alicyclic amines) is 1. The van der Waals surface area contributed by atoms with Gasteiger partial charge in [-0.05, 0) is 43.4 Å². The van der Waals surface area contributed by atoms with Crippen LogP contribution in [0.3, 0.4) is 0 Å². The van der Waals surface area contributed by atoms with Crippen LogP contribution in [0.15, 0.2) is 29.2 Å². The monoisotopic (exact) mass is 289 g/mol. The smallest absolute Gasteiger partial charge is 0.251 e. The van der Waals surface area contributed by atoms with Crippen molar-refractivity contribution in [1.29, 1.82) is 5.26 Å². The van der Waals surface area contributed by atoms with Crippen molar-refractivity contribution in [2.24, 2.45) is 0 Å². The second-order valence-electron chi connectivity index (χ2n) is 4.91. The van der Waals surface area contributed by atoms with E-state index in [2.05, 4.69) is 16.3 Å². The summed E-state index contributed by atoms with van der Waals surface area (Å²) >= 11 is 1.67. The molecule has 0 bridgehead atoms. The molecule has 1 N–H and O–H groups in total. The lowest BCUT2D eigenvalue weighted by Crippen LogP contribution is -2.44. The SMILES string of the molecule is CSc1ccc(C(=O)NC2CCN(CC#N)CC2)cc1. The Kier molecular flexibility index (Phi) is 5.45. The summed E-state index contributed by atoms with van der Waals surface area (Å²) in [6, 6.07) is 10.1. The number of nitriles is 1. The molecule has 5 heteroatoms. The Hall–Kier alpha value is -1.51. The number of carbonyl (C=O) groups excluding carboxylic acids is 1. The zero-order chi connectivity index (χ0) is 14.4. The third-order valence-corrected chi connectivity index (χ3v) is 4.31. The molecule has 1 aliphatic heterocycles.